The van der Waals surface area contributed by atoms with Crippen LogP contribution in [0, 0.1) is 0 Å². The van der Waals surface area contributed by atoms with Gasteiger partial charge in [-0.25, -0.2) is 0 Å². The van der Waals surface area contributed by atoms with Gasteiger partial charge in [-0.15, -0.1) is 0 Å². The van der Waals surface area contributed by atoms with E-state index in [1.807, 2.05) is 0 Å². The fourth-order valence-corrected chi connectivity index (χ4v) is 1.11. The first-order valence-corrected chi connectivity index (χ1v) is 9.98. The molecule has 0 saturated carbocycles. The Morgan fingerprint density at radius 3 is 1.67 bits per heavy atom. The molecule has 3 nitrogen and oxygen atoms in total. The molecule has 0 fully saturated rings. The predicted molar refractivity (Wildman–Crippen MR) is 61.5 cm³/mol. The van der Waals surface area contributed by atoms with Crippen LogP contribution in [0.15, 0.2) is 29.2 Å². The average molecular weight is 384 g/mol. The van der Waals surface area contributed by atoms with Crippen LogP contribution in [-0.2, 0) is 28.6 Å². The molecule has 0 heterocycles. The van der Waals surface area contributed by atoms with Gasteiger partial charge in [-0.2, -0.15) is 13.2 Å². The van der Waals surface area contributed by atoms with E-state index in [4.69, 9.17) is 30.1 Å². The van der Waals surface area contributed by atoms with Crippen LogP contribution in [0.3, 0.4) is 0 Å². The zero-order chi connectivity index (χ0) is 13.6. The van der Waals surface area contributed by atoms with Crippen LogP contribution in [0.25, 0.3) is 6.15 Å². The molecule has 0 amide bonds. The maximum atomic E-state index is 12.0. The summed E-state index contributed by atoms with van der Waals surface area (Å²) >= 11 is -4.11. The van der Waals surface area contributed by atoms with E-state index >= 15 is 0 Å². The van der Waals surface area contributed by atoms with Gasteiger partial charge in [-0.1, -0.05) is 0 Å². The van der Waals surface area contributed by atoms with Gasteiger partial charge in [0.05, 0.1) is 5.56 Å². The summed E-state index contributed by atoms with van der Waals surface area (Å²) in [6, 6.07) is 3.27. The van der Waals surface area contributed by atoms with Gasteiger partial charge in [-0.05, 0) is 35.3 Å². The Bertz CT molecular complexity index is 374. The maximum Gasteiger partial charge on any atom is -0.693 e. The van der Waals surface area contributed by atoms with E-state index < -0.39 is 34.2 Å². The van der Waals surface area contributed by atoms with Crippen molar-refractivity contribution in [2.45, 2.75) is 11.1 Å². The molecule has 0 aliphatic carbocycles. The van der Waals surface area contributed by atoms with Crippen molar-refractivity contribution in [3.8, 4) is 0 Å². The average Bonchev–Trinajstić information content (AvgIpc) is 2.15. The summed E-state index contributed by atoms with van der Waals surface area (Å²) in [5.74, 6) is 0. The molecule has 11 heteroatoms. The molecule has 0 aromatic heterocycles. The SMILES string of the molecule is O=S([O-])c1ccc(C(F)(F)F)cc1.[Cl][Cr]([Cl])[Cl].[NH2-]. The Kier molecular flexibility index (Phi) is 10.9. The molecule has 18 heavy (non-hydrogen) atoms. The standard InChI is InChI=1S/C7H5F3O2S.3ClH.Cr.H2N/c8-7(9,10)5-1-3-6(4-2-5)13(11)12;;;;;/h1-4H,(H,11,12);3*1H;;1H2/q;;;;+3;-1/p-4. The van der Waals surface area contributed by atoms with Gasteiger partial charge in [-0.3, -0.25) is 4.21 Å². The molecule has 1 aromatic carbocycles. The largest absolute Gasteiger partial charge is 0.693 e. The van der Waals surface area contributed by atoms with E-state index in [0.29, 0.717) is 0 Å². The van der Waals surface area contributed by atoms with Crippen LogP contribution >= 0.6 is 30.1 Å². The molecule has 0 bridgehead atoms. The molecule has 0 aliphatic rings. The molecule has 0 spiro atoms. The number of benzene rings is 1. The second-order valence-corrected chi connectivity index (χ2v) is 9.69. The minimum atomic E-state index is -4.43. The van der Waals surface area contributed by atoms with Crippen LogP contribution in [-0.4, -0.2) is 8.76 Å². The van der Waals surface area contributed by atoms with Crippen LogP contribution in [0.5, 0.6) is 0 Å². The van der Waals surface area contributed by atoms with Gasteiger partial charge in [0.15, 0.2) is 0 Å². The molecular weight excluding hydrogens is 377 g/mol. The number of hydrogen-bond acceptors (Lipinski definition) is 2. The van der Waals surface area contributed by atoms with E-state index in [9.17, 15) is 21.9 Å². The van der Waals surface area contributed by atoms with Gasteiger partial charge in [0.1, 0.15) is 0 Å². The second kappa shape index (κ2) is 9.40. The van der Waals surface area contributed by atoms with Crippen LogP contribution in [0.4, 0.5) is 13.2 Å². The number of rotatable bonds is 1. The summed E-state index contributed by atoms with van der Waals surface area (Å²) in [6.07, 6.45) is -4.43. The molecule has 1 aromatic rings. The second-order valence-electron chi connectivity index (χ2n) is 2.43. The third-order valence-electron chi connectivity index (χ3n) is 1.37. The Hall–Kier alpha value is 0.482. The third kappa shape index (κ3) is 9.42. The van der Waals surface area contributed by atoms with E-state index in [1.165, 1.54) is 0 Å². The fraction of sp³-hybridized carbons (Fsp3) is 0.143. The molecule has 1 unspecified atom stereocenters. The molecule has 0 aliphatic heterocycles. The first-order chi connectivity index (χ1) is 7.64. The van der Waals surface area contributed by atoms with Crippen molar-refractivity contribution in [1.29, 1.82) is 0 Å². The van der Waals surface area contributed by atoms with Crippen molar-refractivity contribution in [3.63, 3.8) is 0 Å². The topological polar surface area (TPSA) is 73.6 Å². The quantitative estimate of drug-likeness (QED) is 0.658. The Balaban J connectivity index is 0. The molecule has 1 rings (SSSR count). The fourth-order valence-electron chi connectivity index (χ4n) is 0.755. The van der Waals surface area contributed by atoms with E-state index in [0.717, 1.165) is 24.3 Å². The van der Waals surface area contributed by atoms with Gasteiger partial charge in [0.2, 0.25) is 0 Å². The summed E-state index contributed by atoms with van der Waals surface area (Å²) in [5.41, 5.74) is -0.860. The van der Waals surface area contributed by atoms with Gasteiger partial charge < -0.3 is 10.7 Å². The number of halogens is 6. The summed E-state index contributed by atoms with van der Waals surface area (Å²) in [4.78, 5) is -0.159. The number of nitrogens with two attached hydrogens (primary N) is 1. The van der Waals surface area contributed by atoms with E-state index in [2.05, 4.69) is 0 Å². The summed E-state index contributed by atoms with van der Waals surface area (Å²) < 4.78 is 56.5. The minimum Gasteiger partial charge on any atom is -0.693 e. The van der Waals surface area contributed by atoms with Crippen molar-refractivity contribution in [2.75, 3.05) is 0 Å². The summed E-state index contributed by atoms with van der Waals surface area (Å²) in [7, 11) is 14.8. The summed E-state index contributed by atoms with van der Waals surface area (Å²) in [6.45, 7) is 0. The van der Waals surface area contributed by atoms with Crippen LogP contribution in [0.1, 0.15) is 5.56 Å². The number of alkyl halides is 3. The Labute approximate surface area is 121 Å². The molecule has 0 radical (unpaired) electrons. The van der Waals surface area contributed by atoms with Gasteiger partial charge >= 0.3 is 47.7 Å². The zero-order valence-electron chi connectivity index (χ0n) is 8.29. The molecule has 107 valence electrons. The van der Waals surface area contributed by atoms with Crippen LogP contribution < -0.4 is 0 Å². The first-order valence-electron chi connectivity index (χ1n) is 3.64. The molecular formula is C7H6Cl3CrF3NO2S-2. The van der Waals surface area contributed by atoms with Crippen molar-refractivity contribution in [1.82, 2.24) is 0 Å². The van der Waals surface area contributed by atoms with Gasteiger partial charge in [0, 0.05) is 4.90 Å². The third-order valence-corrected chi connectivity index (χ3v) is 2.03. The normalized spacial score (nSPS) is 12.2. The molecule has 0 saturated heterocycles. The van der Waals surface area contributed by atoms with E-state index in [1.54, 1.807) is 0 Å². The van der Waals surface area contributed by atoms with Crippen molar-refractivity contribution < 1.29 is 33.3 Å². The van der Waals surface area contributed by atoms with Gasteiger partial charge in [0.25, 0.3) is 0 Å². The van der Waals surface area contributed by atoms with Crippen LogP contribution in [0.2, 0.25) is 0 Å². The summed E-state index contributed by atoms with van der Waals surface area (Å²) in [5, 5.41) is 0. The maximum absolute atomic E-state index is 12.0. The van der Waals surface area contributed by atoms with Crippen molar-refractivity contribution in [2.24, 2.45) is 0 Å². The smallest absolute Gasteiger partial charge is 0.693 e. The zero-order valence-corrected chi connectivity index (χ0v) is 12.6. The predicted octanol–water partition coefficient (Wildman–Crippen LogP) is 4.73. The molecule has 2 N–H and O–H groups in total. The minimum absolute atomic E-state index is 0. The van der Waals surface area contributed by atoms with Crippen molar-refractivity contribution in [3.05, 3.63) is 36.0 Å². The first kappa shape index (κ1) is 20.8. The molecule has 1 atom stereocenters. The Morgan fingerprint density at radius 1 is 1.11 bits per heavy atom. The Morgan fingerprint density at radius 2 is 1.44 bits per heavy atom. The number of hydrogen-bond donors (Lipinski definition) is 0. The monoisotopic (exact) mass is 382 g/mol. The van der Waals surface area contributed by atoms with Crippen molar-refractivity contribution >= 4 is 41.2 Å². The van der Waals surface area contributed by atoms with E-state index in [-0.39, 0.29) is 11.0 Å².